The number of hydrogen-bond donors (Lipinski definition) is 1. The summed E-state index contributed by atoms with van der Waals surface area (Å²) in [5, 5.41) is 2.90. The average Bonchev–Trinajstić information content (AvgIpc) is 3.05. The van der Waals surface area contributed by atoms with Crippen molar-refractivity contribution in [2.24, 2.45) is 5.92 Å². The van der Waals surface area contributed by atoms with Crippen LogP contribution in [0.4, 0.5) is 0 Å². The number of likely N-dealkylation sites (tertiary alicyclic amines) is 1. The van der Waals surface area contributed by atoms with Crippen LogP contribution >= 0.6 is 0 Å². The zero-order chi connectivity index (χ0) is 14.5. The highest BCUT2D eigenvalue weighted by Crippen LogP contribution is 2.20. The van der Waals surface area contributed by atoms with Crippen molar-refractivity contribution in [3.63, 3.8) is 0 Å². The summed E-state index contributed by atoms with van der Waals surface area (Å²) >= 11 is 0. The van der Waals surface area contributed by atoms with Crippen LogP contribution in [-0.4, -0.2) is 62.3 Å². The minimum atomic E-state index is -0.247. The largest absolute Gasteiger partial charge is 0.383 e. The second kappa shape index (κ2) is 7.04. The summed E-state index contributed by atoms with van der Waals surface area (Å²) in [7, 11) is 1.61. The molecule has 2 fully saturated rings. The van der Waals surface area contributed by atoms with Crippen molar-refractivity contribution in [2.45, 2.75) is 38.3 Å². The molecule has 0 unspecified atom stereocenters. The van der Waals surface area contributed by atoms with E-state index in [0.717, 1.165) is 19.4 Å². The Hall–Kier alpha value is -1.14. The van der Waals surface area contributed by atoms with Gasteiger partial charge in [-0.1, -0.05) is 0 Å². The number of amides is 2. The molecular weight excluding hydrogens is 260 g/mol. The van der Waals surface area contributed by atoms with Gasteiger partial charge < -0.3 is 19.7 Å². The first kappa shape index (κ1) is 15.3. The molecule has 0 spiro atoms. The molecule has 2 saturated heterocycles. The molecule has 3 atom stereocenters. The van der Waals surface area contributed by atoms with Gasteiger partial charge in [-0.3, -0.25) is 9.59 Å². The van der Waals surface area contributed by atoms with E-state index in [9.17, 15) is 9.59 Å². The Kier molecular flexibility index (Phi) is 5.37. The summed E-state index contributed by atoms with van der Waals surface area (Å²) in [5.41, 5.74) is 0. The summed E-state index contributed by atoms with van der Waals surface area (Å²) in [6.07, 6.45) is 2.50. The van der Waals surface area contributed by atoms with Crippen molar-refractivity contribution in [2.75, 3.05) is 33.4 Å². The van der Waals surface area contributed by atoms with Crippen molar-refractivity contribution >= 4 is 11.8 Å². The molecule has 6 nitrogen and oxygen atoms in total. The van der Waals surface area contributed by atoms with E-state index in [1.807, 2.05) is 6.92 Å². The van der Waals surface area contributed by atoms with Crippen LogP contribution in [-0.2, 0) is 19.1 Å². The van der Waals surface area contributed by atoms with Gasteiger partial charge in [0, 0.05) is 33.2 Å². The molecule has 2 aliphatic heterocycles. The van der Waals surface area contributed by atoms with E-state index in [4.69, 9.17) is 9.47 Å². The third-order valence-corrected chi connectivity index (χ3v) is 4.00. The summed E-state index contributed by atoms with van der Waals surface area (Å²) in [5.74, 6) is -0.254. The zero-order valence-electron chi connectivity index (χ0n) is 12.3. The first-order valence-electron chi connectivity index (χ1n) is 7.29. The molecule has 1 N–H and O–H groups in total. The van der Waals surface area contributed by atoms with Crippen LogP contribution in [0.5, 0.6) is 0 Å². The molecule has 0 aromatic carbocycles. The number of nitrogens with one attached hydrogen (secondary N) is 1. The monoisotopic (exact) mass is 284 g/mol. The Labute approximate surface area is 119 Å². The van der Waals surface area contributed by atoms with Crippen molar-refractivity contribution in [1.29, 1.82) is 0 Å². The van der Waals surface area contributed by atoms with E-state index in [2.05, 4.69) is 5.32 Å². The average molecular weight is 284 g/mol. The third kappa shape index (κ3) is 3.70. The van der Waals surface area contributed by atoms with Crippen molar-refractivity contribution < 1.29 is 19.1 Å². The SMILES string of the molecule is COC[C@H](C)N1C[C@H](C(=O)NC[C@@H]2CCCO2)CC1=O. The molecular formula is C14H24N2O4. The van der Waals surface area contributed by atoms with Crippen molar-refractivity contribution in [1.82, 2.24) is 10.2 Å². The molecule has 2 rings (SSSR count). The summed E-state index contributed by atoms with van der Waals surface area (Å²) in [4.78, 5) is 25.8. The summed E-state index contributed by atoms with van der Waals surface area (Å²) < 4.78 is 10.5. The lowest BCUT2D eigenvalue weighted by Gasteiger charge is -2.24. The third-order valence-electron chi connectivity index (χ3n) is 4.00. The summed E-state index contributed by atoms with van der Waals surface area (Å²) in [6, 6.07) is 0.0171. The Balaban J connectivity index is 1.78. The Morgan fingerprint density at radius 2 is 2.40 bits per heavy atom. The van der Waals surface area contributed by atoms with Gasteiger partial charge in [-0.2, -0.15) is 0 Å². The smallest absolute Gasteiger partial charge is 0.225 e. The number of hydrogen-bond acceptors (Lipinski definition) is 4. The topological polar surface area (TPSA) is 67.9 Å². The van der Waals surface area contributed by atoms with E-state index in [0.29, 0.717) is 26.1 Å². The number of carbonyl (C=O) groups excluding carboxylic acids is 2. The fraction of sp³-hybridized carbons (Fsp3) is 0.857. The van der Waals surface area contributed by atoms with Gasteiger partial charge >= 0.3 is 0 Å². The molecule has 6 heteroatoms. The van der Waals surface area contributed by atoms with Crippen LogP contribution in [0.1, 0.15) is 26.2 Å². The van der Waals surface area contributed by atoms with Crippen LogP contribution in [0, 0.1) is 5.92 Å². The molecule has 0 radical (unpaired) electrons. The summed E-state index contributed by atoms with van der Waals surface area (Å²) in [6.45, 7) is 4.26. The quantitative estimate of drug-likeness (QED) is 0.755. The van der Waals surface area contributed by atoms with Crippen LogP contribution in [0.25, 0.3) is 0 Å². The number of carbonyl (C=O) groups is 2. The molecule has 114 valence electrons. The first-order chi connectivity index (χ1) is 9.61. The number of rotatable bonds is 6. The number of nitrogens with zero attached hydrogens (tertiary/aromatic N) is 1. The van der Waals surface area contributed by atoms with Crippen molar-refractivity contribution in [3.05, 3.63) is 0 Å². The Bertz CT molecular complexity index is 355. The predicted molar refractivity (Wildman–Crippen MR) is 73.1 cm³/mol. The van der Waals surface area contributed by atoms with Crippen LogP contribution in [0.3, 0.4) is 0 Å². The lowest BCUT2D eigenvalue weighted by atomic mass is 10.1. The molecule has 2 aliphatic rings. The molecule has 2 amide bonds. The van der Waals surface area contributed by atoms with E-state index < -0.39 is 0 Å². The van der Waals surface area contributed by atoms with Crippen LogP contribution in [0.15, 0.2) is 0 Å². The zero-order valence-corrected chi connectivity index (χ0v) is 12.3. The maximum Gasteiger partial charge on any atom is 0.225 e. The first-order valence-corrected chi connectivity index (χ1v) is 7.29. The van der Waals surface area contributed by atoms with Gasteiger partial charge in [0.2, 0.25) is 11.8 Å². The van der Waals surface area contributed by atoms with Gasteiger partial charge in [-0.25, -0.2) is 0 Å². The predicted octanol–water partition coefficient (Wildman–Crippen LogP) is 0.165. The van der Waals surface area contributed by atoms with Gasteiger partial charge in [0.05, 0.1) is 24.7 Å². The lowest BCUT2D eigenvalue weighted by Crippen LogP contribution is -2.40. The second-order valence-electron chi connectivity index (χ2n) is 5.63. The molecule has 0 saturated carbocycles. The lowest BCUT2D eigenvalue weighted by molar-refractivity contribution is -0.130. The highest BCUT2D eigenvalue weighted by molar-refractivity contribution is 5.89. The van der Waals surface area contributed by atoms with E-state index >= 15 is 0 Å². The van der Waals surface area contributed by atoms with Gasteiger partial charge in [0.1, 0.15) is 0 Å². The highest BCUT2D eigenvalue weighted by Gasteiger charge is 2.36. The number of ether oxygens (including phenoxy) is 2. The van der Waals surface area contributed by atoms with Gasteiger partial charge in [0.15, 0.2) is 0 Å². The molecule has 0 aromatic rings. The van der Waals surface area contributed by atoms with E-state index in [-0.39, 0.29) is 29.9 Å². The minimum Gasteiger partial charge on any atom is -0.383 e. The molecule has 2 heterocycles. The Morgan fingerprint density at radius 3 is 3.05 bits per heavy atom. The van der Waals surface area contributed by atoms with Gasteiger partial charge in [0.25, 0.3) is 0 Å². The standard InChI is InChI=1S/C14H24N2O4/c1-10(9-19-2)16-8-11(6-13(16)17)14(18)15-7-12-4-3-5-20-12/h10-12H,3-9H2,1-2H3,(H,15,18)/t10-,11+,12-/m0/s1. The van der Waals surface area contributed by atoms with Gasteiger partial charge in [-0.15, -0.1) is 0 Å². The van der Waals surface area contributed by atoms with Crippen molar-refractivity contribution in [3.8, 4) is 0 Å². The molecule has 0 bridgehead atoms. The van der Waals surface area contributed by atoms with E-state index in [1.165, 1.54) is 0 Å². The maximum atomic E-state index is 12.1. The number of methoxy groups -OCH3 is 1. The Morgan fingerprint density at radius 1 is 1.60 bits per heavy atom. The second-order valence-corrected chi connectivity index (χ2v) is 5.63. The molecule has 20 heavy (non-hydrogen) atoms. The fourth-order valence-corrected chi connectivity index (χ4v) is 2.83. The van der Waals surface area contributed by atoms with Crippen LogP contribution in [0.2, 0.25) is 0 Å². The van der Waals surface area contributed by atoms with Gasteiger partial charge in [-0.05, 0) is 19.8 Å². The highest BCUT2D eigenvalue weighted by atomic mass is 16.5. The normalized spacial score (nSPS) is 27.9. The van der Waals surface area contributed by atoms with E-state index in [1.54, 1.807) is 12.0 Å². The minimum absolute atomic E-state index is 0.0171. The maximum absolute atomic E-state index is 12.1. The molecule has 0 aliphatic carbocycles. The van der Waals surface area contributed by atoms with Crippen LogP contribution < -0.4 is 5.32 Å². The molecule has 0 aromatic heterocycles. The fourth-order valence-electron chi connectivity index (χ4n) is 2.83.